The largest absolute Gasteiger partial charge is 0.381 e. The molecule has 0 aliphatic heterocycles. The molecule has 0 aliphatic carbocycles. The van der Waals surface area contributed by atoms with Gasteiger partial charge in [0.05, 0.1) is 10.0 Å². The minimum atomic E-state index is -0.606. The topological polar surface area (TPSA) is 56.8 Å². The van der Waals surface area contributed by atoms with Crippen molar-refractivity contribution in [3.8, 4) is 5.75 Å². The average Bonchev–Trinajstić information content (AvgIpc) is 2.66. The molecule has 0 aliphatic rings. The maximum Gasteiger partial charge on any atom is 0.197 e. The maximum absolute atomic E-state index is 13.3. The molecule has 2 aromatic carbocycles. The number of para-hydroxylation sites is 1. The van der Waals surface area contributed by atoms with Crippen LogP contribution in [0.5, 0.6) is 5.75 Å². The van der Waals surface area contributed by atoms with E-state index in [4.69, 9.17) is 14.3 Å². The van der Waals surface area contributed by atoms with Crippen LogP contribution in [0.2, 0.25) is 0 Å². The van der Waals surface area contributed by atoms with Gasteiger partial charge in [0.1, 0.15) is 0 Å². The van der Waals surface area contributed by atoms with E-state index in [2.05, 4.69) is 28.0 Å². The number of hydroxylamine groups is 1. The summed E-state index contributed by atoms with van der Waals surface area (Å²) in [6, 6.07) is 12.6. The SMILES string of the molecule is C=C(C)NOc1c(Br)cccc1C(=O)c1ccccc1C(OCC)OCC. The van der Waals surface area contributed by atoms with E-state index in [9.17, 15) is 4.79 Å². The monoisotopic (exact) mass is 433 g/mol. The van der Waals surface area contributed by atoms with Crippen molar-refractivity contribution in [2.75, 3.05) is 13.2 Å². The van der Waals surface area contributed by atoms with Crippen molar-refractivity contribution < 1.29 is 19.1 Å². The second-order valence-electron chi connectivity index (χ2n) is 5.76. The first kappa shape index (κ1) is 21.2. The summed E-state index contributed by atoms with van der Waals surface area (Å²) in [5, 5.41) is 0. The third-order valence-electron chi connectivity index (χ3n) is 3.63. The third kappa shape index (κ3) is 5.42. The zero-order chi connectivity index (χ0) is 19.8. The molecule has 27 heavy (non-hydrogen) atoms. The summed E-state index contributed by atoms with van der Waals surface area (Å²) in [6.07, 6.45) is -0.606. The van der Waals surface area contributed by atoms with Gasteiger partial charge in [0.2, 0.25) is 0 Å². The van der Waals surface area contributed by atoms with E-state index in [1.54, 1.807) is 31.2 Å². The Hall–Kier alpha value is -2.15. The van der Waals surface area contributed by atoms with Crippen molar-refractivity contribution in [3.05, 3.63) is 75.9 Å². The lowest BCUT2D eigenvalue weighted by molar-refractivity contribution is -0.140. The van der Waals surface area contributed by atoms with Crippen LogP contribution in [0.1, 0.15) is 48.5 Å². The Balaban J connectivity index is 2.47. The number of ketones is 1. The number of allylic oxidation sites excluding steroid dienone is 1. The highest BCUT2D eigenvalue weighted by atomic mass is 79.9. The van der Waals surface area contributed by atoms with Gasteiger partial charge in [0.15, 0.2) is 17.8 Å². The first-order valence-corrected chi connectivity index (χ1v) is 9.52. The van der Waals surface area contributed by atoms with E-state index in [0.717, 1.165) is 0 Å². The summed E-state index contributed by atoms with van der Waals surface area (Å²) in [7, 11) is 0. The third-order valence-corrected chi connectivity index (χ3v) is 4.26. The number of ether oxygens (including phenoxy) is 2. The number of carbonyl (C=O) groups is 1. The smallest absolute Gasteiger partial charge is 0.197 e. The number of carbonyl (C=O) groups excluding carboxylic acids is 1. The summed E-state index contributed by atoms with van der Waals surface area (Å²) in [4.78, 5) is 18.9. The quantitative estimate of drug-likeness (QED) is 0.318. The predicted octanol–water partition coefficient (Wildman–Crippen LogP) is 5.17. The summed E-state index contributed by atoms with van der Waals surface area (Å²) >= 11 is 3.44. The first-order chi connectivity index (χ1) is 13.0. The van der Waals surface area contributed by atoms with E-state index >= 15 is 0 Å². The van der Waals surface area contributed by atoms with Gasteiger partial charge in [-0.3, -0.25) is 4.79 Å². The summed E-state index contributed by atoms with van der Waals surface area (Å²) in [5.41, 5.74) is 4.93. The Morgan fingerprint density at radius 3 is 2.33 bits per heavy atom. The lowest BCUT2D eigenvalue weighted by Crippen LogP contribution is -2.19. The van der Waals surface area contributed by atoms with Crippen LogP contribution in [0.3, 0.4) is 0 Å². The van der Waals surface area contributed by atoms with Crippen LogP contribution in [-0.2, 0) is 9.47 Å². The van der Waals surface area contributed by atoms with Crippen LogP contribution in [-0.4, -0.2) is 19.0 Å². The zero-order valence-electron chi connectivity index (χ0n) is 15.8. The highest BCUT2D eigenvalue weighted by Gasteiger charge is 2.24. The van der Waals surface area contributed by atoms with Gasteiger partial charge in [-0.1, -0.05) is 36.9 Å². The molecule has 2 aromatic rings. The Morgan fingerprint density at radius 2 is 1.70 bits per heavy atom. The minimum Gasteiger partial charge on any atom is -0.381 e. The molecule has 0 saturated heterocycles. The second kappa shape index (κ2) is 10.3. The molecule has 2 rings (SSSR count). The minimum absolute atomic E-state index is 0.185. The highest BCUT2D eigenvalue weighted by molar-refractivity contribution is 9.10. The fourth-order valence-electron chi connectivity index (χ4n) is 2.51. The first-order valence-electron chi connectivity index (χ1n) is 8.73. The normalized spacial score (nSPS) is 10.7. The number of hydrogen-bond acceptors (Lipinski definition) is 5. The second-order valence-corrected chi connectivity index (χ2v) is 6.61. The molecule has 0 heterocycles. The molecule has 5 nitrogen and oxygen atoms in total. The molecule has 0 radical (unpaired) electrons. The fraction of sp³-hybridized carbons (Fsp3) is 0.286. The van der Waals surface area contributed by atoms with Crippen molar-refractivity contribution in [2.45, 2.75) is 27.1 Å². The predicted molar refractivity (Wildman–Crippen MR) is 109 cm³/mol. The molecule has 144 valence electrons. The van der Waals surface area contributed by atoms with Crippen molar-refractivity contribution >= 4 is 21.7 Å². The molecular formula is C21H24BrNO4. The number of nitrogens with one attached hydrogen (secondary N) is 1. The molecule has 0 amide bonds. The van der Waals surface area contributed by atoms with E-state index < -0.39 is 6.29 Å². The fourth-order valence-corrected chi connectivity index (χ4v) is 2.96. The van der Waals surface area contributed by atoms with E-state index in [1.165, 1.54) is 0 Å². The van der Waals surface area contributed by atoms with Crippen molar-refractivity contribution in [1.82, 2.24) is 5.48 Å². The number of hydrogen-bond donors (Lipinski definition) is 1. The molecule has 0 unspecified atom stereocenters. The maximum atomic E-state index is 13.3. The van der Waals surface area contributed by atoms with Gasteiger partial charge in [-0.15, -0.1) is 0 Å². The lowest BCUT2D eigenvalue weighted by Gasteiger charge is -2.20. The van der Waals surface area contributed by atoms with Gasteiger partial charge in [0.25, 0.3) is 0 Å². The van der Waals surface area contributed by atoms with E-state index in [-0.39, 0.29) is 5.78 Å². The molecule has 0 aromatic heterocycles. The van der Waals surface area contributed by atoms with Gasteiger partial charge >= 0.3 is 0 Å². The van der Waals surface area contributed by atoms with Gasteiger partial charge in [-0.05, 0) is 48.8 Å². The van der Waals surface area contributed by atoms with E-state index in [0.29, 0.717) is 45.8 Å². The summed E-state index contributed by atoms with van der Waals surface area (Å²) in [5.74, 6) is 0.208. The standard InChI is InChI=1S/C21H24BrNO4/c1-5-25-21(26-6-2)16-11-8-7-10-15(16)19(24)17-12-9-13-18(22)20(17)27-23-14(3)4/h7-13,21,23H,3,5-6H2,1-2,4H3. The molecule has 0 fully saturated rings. The zero-order valence-corrected chi connectivity index (χ0v) is 17.3. The molecule has 1 N–H and O–H groups in total. The average molecular weight is 434 g/mol. The number of benzene rings is 2. The number of rotatable bonds is 10. The van der Waals surface area contributed by atoms with Crippen LogP contribution in [0.15, 0.2) is 59.2 Å². The Morgan fingerprint density at radius 1 is 1.07 bits per heavy atom. The van der Waals surface area contributed by atoms with Crippen LogP contribution in [0.25, 0.3) is 0 Å². The van der Waals surface area contributed by atoms with Crippen LogP contribution < -0.4 is 10.3 Å². The molecule has 0 bridgehead atoms. The van der Waals surface area contributed by atoms with Gasteiger partial charge in [-0.25, -0.2) is 5.48 Å². The number of halogens is 1. The van der Waals surface area contributed by atoms with Crippen LogP contribution in [0, 0.1) is 0 Å². The summed E-state index contributed by atoms with van der Waals surface area (Å²) < 4.78 is 12.0. The molecule has 0 saturated carbocycles. The van der Waals surface area contributed by atoms with Crippen molar-refractivity contribution in [1.29, 1.82) is 0 Å². The Kier molecular flexibility index (Phi) is 8.03. The summed E-state index contributed by atoms with van der Waals surface area (Å²) in [6.45, 7) is 10.2. The van der Waals surface area contributed by atoms with Gasteiger partial charge in [-0.2, -0.15) is 0 Å². The van der Waals surface area contributed by atoms with Gasteiger partial charge < -0.3 is 14.3 Å². The van der Waals surface area contributed by atoms with Crippen molar-refractivity contribution in [2.24, 2.45) is 0 Å². The molecular weight excluding hydrogens is 410 g/mol. The highest BCUT2D eigenvalue weighted by Crippen LogP contribution is 2.32. The molecule has 0 spiro atoms. The van der Waals surface area contributed by atoms with Gasteiger partial charge in [0, 0.05) is 30.0 Å². The lowest BCUT2D eigenvalue weighted by atomic mass is 9.97. The van der Waals surface area contributed by atoms with Crippen LogP contribution in [0.4, 0.5) is 0 Å². The van der Waals surface area contributed by atoms with Crippen LogP contribution >= 0.6 is 15.9 Å². The van der Waals surface area contributed by atoms with Crippen molar-refractivity contribution in [3.63, 3.8) is 0 Å². The Labute approximate surface area is 168 Å². The molecule has 0 atom stereocenters. The Bertz CT molecular complexity index is 801. The molecule has 6 heteroatoms. The van der Waals surface area contributed by atoms with E-state index in [1.807, 2.05) is 32.0 Å².